The molecule has 6 nitrogen and oxygen atoms in total. The number of carbonyl (C=O) groups excluding carboxylic acids is 1. The summed E-state index contributed by atoms with van der Waals surface area (Å²) < 4.78 is 63.7. The molecule has 3 rings (SSSR count). The lowest BCUT2D eigenvalue weighted by Gasteiger charge is -2.08. The molecule has 0 spiro atoms. The van der Waals surface area contributed by atoms with Crippen molar-refractivity contribution in [3.8, 4) is 5.69 Å². The molecule has 1 N–H and O–H groups in total. The normalized spacial score (nSPS) is 12.0. The molecule has 1 aromatic heterocycles. The number of nitrogens with zero attached hydrogens (tertiary/aromatic N) is 2. The monoisotopic (exact) mass is 451 g/mol. The van der Waals surface area contributed by atoms with Crippen molar-refractivity contribution >= 4 is 15.7 Å². The van der Waals surface area contributed by atoms with Gasteiger partial charge in [-0.05, 0) is 42.8 Å². The Balaban J connectivity index is 1.52. The number of hydrogen-bond donors (Lipinski definition) is 1. The topological polar surface area (TPSA) is 81.1 Å². The van der Waals surface area contributed by atoms with Crippen LogP contribution in [-0.2, 0) is 27.4 Å². The van der Waals surface area contributed by atoms with E-state index in [-0.39, 0.29) is 23.6 Å². The predicted octanol–water partition coefficient (Wildman–Crippen LogP) is 3.68. The summed E-state index contributed by atoms with van der Waals surface area (Å²) in [6, 6.07) is 13.8. The second-order valence-electron chi connectivity index (χ2n) is 6.97. The molecule has 1 heterocycles. The number of rotatable bonds is 7. The number of carbonyl (C=O) groups is 1. The molecular formula is C21H20F3N3O3S. The third-order valence-corrected chi connectivity index (χ3v) is 6.28. The van der Waals surface area contributed by atoms with Gasteiger partial charge in [-0.2, -0.15) is 18.3 Å². The molecule has 0 saturated heterocycles. The number of sulfone groups is 1. The van der Waals surface area contributed by atoms with Crippen LogP contribution in [0.4, 0.5) is 13.2 Å². The summed E-state index contributed by atoms with van der Waals surface area (Å²) in [6.07, 6.45) is -3.47. The number of amides is 1. The highest BCUT2D eigenvalue weighted by Crippen LogP contribution is 2.27. The predicted molar refractivity (Wildman–Crippen MR) is 108 cm³/mol. The summed E-state index contributed by atoms with van der Waals surface area (Å²) in [7, 11) is -3.55. The number of halogens is 3. The Morgan fingerprint density at radius 1 is 1.03 bits per heavy atom. The number of aromatic nitrogens is 2. The van der Waals surface area contributed by atoms with Gasteiger partial charge in [0.1, 0.15) is 0 Å². The summed E-state index contributed by atoms with van der Waals surface area (Å²) in [5.41, 5.74) is 1.11. The van der Waals surface area contributed by atoms with E-state index in [9.17, 15) is 26.4 Å². The highest BCUT2D eigenvalue weighted by atomic mass is 32.2. The van der Waals surface area contributed by atoms with E-state index < -0.39 is 27.6 Å². The average molecular weight is 451 g/mol. The molecule has 0 aliphatic rings. The molecule has 0 atom stereocenters. The zero-order chi connectivity index (χ0) is 22.6. The van der Waals surface area contributed by atoms with Crippen LogP contribution < -0.4 is 5.32 Å². The number of benzene rings is 2. The van der Waals surface area contributed by atoms with E-state index in [2.05, 4.69) is 10.4 Å². The minimum Gasteiger partial charge on any atom is -0.352 e. The molecule has 0 unspecified atom stereocenters. The highest BCUT2D eigenvalue weighted by Gasteiger charge is 2.33. The molecule has 0 aliphatic carbocycles. The summed E-state index contributed by atoms with van der Waals surface area (Å²) in [4.78, 5) is 12.2. The third-order valence-electron chi connectivity index (χ3n) is 4.55. The summed E-state index contributed by atoms with van der Waals surface area (Å²) >= 11 is 0. The zero-order valence-corrected chi connectivity index (χ0v) is 17.4. The first-order chi connectivity index (χ1) is 14.5. The minimum absolute atomic E-state index is 0.163. The Kier molecular flexibility index (Phi) is 6.49. The Hall–Kier alpha value is -3.14. The number of aryl methyl sites for hydroxylation is 1. The summed E-state index contributed by atoms with van der Waals surface area (Å²) in [5.74, 6) is -0.719. The first-order valence-electron chi connectivity index (χ1n) is 9.33. The number of nitrogens with one attached hydrogen (secondary N) is 1. The number of hydrogen-bond acceptors (Lipinski definition) is 4. The van der Waals surface area contributed by atoms with E-state index in [0.717, 1.165) is 16.3 Å². The molecule has 3 aromatic rings. The van der Waals surface area contributed by atoms with Crippen molar-refractivity contribution in [3.05, 3.63) is 77.6 Å². The quantitative estimate of drug-likeness (QED) is 0.594. The highest BCUT2D eigenvalue weighted by molar-refractivity contribution is 7.91. The van der Waals surface area contributed by atoms with Crippen LogP contribution in [0.15, 0.2) is 65.7 Å². The van der Waals surface area contributed by atoms with E-state index in [1.54, 1.807) is 36.4 Å². The first-order valence-corrected chi connectivity index (χ1v) is 11.0. The average Bonchev–Trinajstić information content (AvgIpc) is 3.22. The molecule has 0 bridgehead atoms. The maximum absolute atomic E-state index is 12.7. The molecule has 0 fully saturated rings. The second kappa shape index (κ2) is 8.93. The largest absolute Gasteiger partial charge is 0.435 e. The standard InChI is InChI=1S/C21H20F3N3O3S/c1-15-2-8-18(9-3-15)31(29,30)13-11-20(28)25-14-16-4-6-17(7-5-16)27-12-10-19(26-27)21(22,23)24/h2-10,12H,11,13-14H2,1H3,(H,25,28). The summed E-state index contributed by atoms with van der Waals surface area (Å²) in [5, 5.41) is 6.14. The van der Waals surface area contributed by atoms with Gasteiger partial charge in [-0.1, -0.05) is 29.8 Å². The van der Waals surface area contributed by atoms with E-state index in [1.165, 1.54) is 18.3 Å². The van der Waals surface area contributed by atoms with E-state index >= 15 is 0 Å². The van der Waals surface area contributed by atoms with E-state index in [0.29, 0.717) is 11.3 Å². The van der Waals surface area contributed by atoms with Gasteiger partial charge >= 0.3 is 6.18 Å². The van der Waals surface area contributed by atoms with Crippen molar-refractivity contribution in [1.29, 1.82) is 0 Å². The maximum Gasteiger partial charge on any atom is 0.435 e. The molecule has 0 aliphatic heterocycles. The lowest BCUT2D eigenvalue weighted by molar-refractivity contribution is -0.141. The van der Waals surface area contributed by atoms with Crippen LogP contribution in [0.1, 0.15) is 23.2 Å². The van der Waals surface area contributed by atoms with Crippen LogP contribution in [0.3, 0.4) is 0 Å². The molecule has 31 heavy (non-hydrogen) atoms. The van der Waals surface area contributed by atoms with Gasteiger partial charge in [0.2, 0.25) is 5.91 Å². The van der Waals surface area contributed by atoms with Gasteiger partial charge in [-0.3, -0.25) is 4.79 Å². The Morgan fingerprint density at radius 2 is 1.68 bits per heavy atom. The maximum atomic E-state index is 12.7. The lowest BCUT2D eigenvalue weighted by Crippen LogP contribution is -2.25. The van der Waals surface area contributed by atoms with Crippen molar-refractivity contribution in [3.63, 3.8) is 0 Å². The van der Waals surface area contributed by atoms with Crippen LogP contribution >= 0.6 is 0 Å². The van der Waals surface area contributed by atoms with Crippen LogP contribution in [0.5, 0.6) is 0 Å². The molecular weight excluding hydrogens is 431 g/mol. The third kappa shape index (κ3) is 5.94. The fourth-order valence-corrected chi connectivity index (χ4v) is 4.01. The Morgan fingerprint density at radius 3 is 2.26 bits per heavy atom. The van der Waals surface area contributed by atoms with Crippen LogP contribution in [0.2, 0.25) is 0 Å². The molecule has 164 valence electrons. The molecule has 0 saturated carbocycles. The van der Waals surface area contributed by atoms with Crippen molar-refractivity contribution in [2.75, 3.05) is 5.75 Å². The summed E-state index contributed by atoms with van der Waals surface area (Å²) in [6.45, 7) is 2.02. The zero-order valence-electron chi connectivity index (χ0n) is 16.6. The van der Waals surface area contributed by atoms with Gasteiger partial charge < -0.3 is 5.32 Å². The van der Waals surface area contributed by atoms with Gasteiger partial charge in [-0.25, -0.2) is 13.1 Å². The van der Waals surface area contributed by atoms with Crippen molar-refractivity contribution in [1.82, 2.24) is 15.1 Å². The SMILES string of the molecule is Cc1ccc(S(=O)(=O)CCC(=O)NCc2ccc(-n3ccc(C(F)(F)F)n3)cc2)cc1. The van der Waals surface area contributed by atoms with Gasteiger partial charge in [-0.15, -0.1) is 0 Å². The van der Waals surface area contributed by atoms with Gasteiger partial charge in [0.05, 0.1) is 16.3 Å². The van der Waals surface area contributed by atoms with Crippen molar-refractivity contribution in [2.24, 2.45) is 0 Å². The van der Waals surface area contributed by atoms with Crippen LogP contribution in [0, 0.1) is 6.92 Å². The fraction of sp³-hybridized carbons (Fsp3) is 0.238. The van der Waals surface area contributed by atoms with Gasteiger partial charge in [0.25, 0.3) is 0 Å². The van der Waals surface area contributed by atoms with E-state index in [1.807, 2.05) is 6.92 Å². The van der Waals surface area contributed by atoms with Gasteiger partial charge in [0.15, 0.2) is 15.5 Å². The van der Waals surface area contributed by atoms with Crippen LogP contribution in [-0.4, -0.2) is 29.9 Å². The number of alkyl halides is 3. The van der Waals surface area contributed by atoms with Crippen molar-refractivity contribution in [2.45, 2.75) is 31.0 Å². The smallest absolute Gasteiger partial charge is 0.352 e. The second-order valence-corrected chi connectivity index (χ2v) is 9.08. The van der Waals surface area contributed by atoms with E-state index in [4.69, 9.17) is 0 Å². The van der Waals surface area contributed by atoms with Crippen molar-refractivity contribution < 1.29 is 26.4 Å². The molecule has 0 radical (unpaired) electrons. The Bertz CT molecular complexity index is 1150. The van der Waals surface area contributed by atoms with Crippen LogP contribution in [0.25, 0.3) is 5.69 Å². The Labute approximate surface area is 177 Å². The molecule has 1 amide bonds. The lowest BCUT2D eigenvalue weighted by atomic mass is 10.2. The van der Waals surface area contributed by atoms with Gasteiger partial charge in [0, 0.05) is 19.2 Å². The molecule has 10 heteroatoms. The first kappa shape index (κ1) is 22.5. The fourth-order valence-electron chi connectivity index (χ4n) is 2.77. The minimum atomic E-state index is -4.51. The molecule has 2 aromatic carbocycles.